The number of phenolic OH excluding ortho intramolecular Hbond substituents is 2. The van der Waals surface area contributed by atoms with E-state index in [4.69, 9.17) is 0 Å². The maximum absolute atomic E-state index is 9.99. The molecule has 1 aliphatic heterocycles. The Morgan fingerprint density at radius 2 is 1.92 bits per heavy atom. The van der Waals surface area contributed by atoms with Crippen LogP contribution in [-0.2, 0) is 11.8 Å². The SMILES string of the molecule is Oc1cccc([C@@]23CCC[C@@H](C2)N(CCc2ccccc2O)CC3)c1. The maximum Gasteiger partial charge on any atom is 0.118 e. The van der Waals surface area contributed by atoms with Gasteiger partial charge in [0, 0.05) is 12.6 Å². The van der Waals surface area contributed by atoms with Gasteiger partial charge in [0.15, 0.2) is 0 Å². The van der Waals surface area contributed by atoms with Crippen LogP contribution in [0.2, 0.25) is 0 Å². The van der Waals surface area contributed by atoms with Gasteiger partial charge in [0.2, 0.25) is 0 Å². The molecule has 2 fully saturated rings. The zero-order valence-corrected chi connectivity index (χ0v) is 14.7. The molecule has 3 heteroatoms. The lowest BCUT2D eigenvalue weighted by atomic mass is 9.63. The molecule has 1 saturated heterocycles. The summed E-state index contributed by atoms with van der Waals surface area (Å²) in [5.41, 5.74) is 2.60. The van der Waals surface area contributed by atoms with Gasteiger partial charge in [-0.25, -0.2) is 0 Å². The van der Waals surface area contributed by atoms with Gasteiger partial charge in [-0.2, -0.15) is 0 Å². The molecule has 2 aliphatic rings. The Balaban J connectivity index is 1.46. The van der Waals surface area contributed by atoms with Crippen LogP contribution in [0.25, 0.3) is 0 Å². The van der Waals surface area contributed by atoms with E-state index in [2.05, 4.69) is 11.0 Å². The van der Waals surface area contributed by atoms with Gasteiger partial charge in [-0.15, -0.1) is 0 Å². The molecule has 3 nitrogen and oxygen atoms in total. The summed E-state index contributed by atoms with van der Waals surface area (Å²) in [5.74, 6) is 0.799. The number of piperidine rings is 1. The highest BCUT2D eigenvalue weighted by Crippen LogP contribution is 2.47. The minimum Gasteiger partial charge on any atom is -0.508 e. The lowest BCUT2D eigenvalue weighted by molar-refractivity contribution is 0.0523. The van der Waals surface area contributed by atoms with Crippen molar-refractivity contribution in [3.8, 4) is 11.5 Å². The number of benzene rings is 2. The molecule has 0 radical (unpaired) electrons. The first-order valence-electron chi connectivity index (χ1n) is 9.47. The highest BCUT2D eigenvalue weighted by Gasteiger charge is 2.43. The van der Waals surface area contributed by atoms with Crippen molar-refractivity contribution in [3.63, 3.8) is 0 Å². The Kier molecular flexibility index (Phi) is 4.43. The second-order valence-electron chi connectivity index (χ2n) is 7.75. The minimum absolute atomic E-state index is 0.243. The topological polar surface area (TPSA) is 43.7 Å². The van der Waals surface area contributed by atoms with Crippen LogP contribution in [0.4, 0.5) is 0 Å². The van der Waals surface area contributed by atoms with Gasteiger partial charge >= 0.3 is 0 Å². The molecule has 1 heterocycles. The second-order valence-corrected chi connectivity index (χ2v) is 7.75. The van der Waals surface area contributed by atoms with Crippen molar-refractivity contribution in [2.45, 2.75) is 50.0 Å². The molecular weight excluding hydrogens is 310 g/mol. The number of para-hydroxylation sites is 1. The van der Waals surface area contributed by atoms with E-state index in [0.717, 1.165) is 31.5 Å². The smallest absolute Gasteiger partial charge is 0.118 e. The highest BCUT2D eigenvalue weighted by molar-refractivity contribution is 5.35. The van der Waals surface area contributed by atoms with Crippen molar-refractivity contribution >= 4 is 0 Å². The normalized spacial score (nSPS) is 26.5. The predicted octanol–water partition coefficient (Wildman–Crippen LogP) is 4.23. The number of hydrogen-bond acceptors (Lipinski definition) is 3. The Morgan fingerprint density at radius 3 is 2.76 bits per heavy atom. The maximum atomic E-state index is 9.99. The third kappa shape index (κ3) is 3.25. The molecule has 2 atom stereocenters. The summed E-state index contributed by atoms with van der Waals surface area (Å²) < 4.78 is 0. The molecule has 2 bridgehead atoms. The third-order valence-electron chi connectivity index (χ3n) is 6.33. The summed E-state index contributed by atoms with van der Waals surface area (Å²) in [6.07, 6.45) is 7.02. The molecule has 25 heavy (non-hydrogen) atoms. The number of nitrogens with zero attached hydrogens (tertiary/aromatic N) is 1. The molecule has 0 amide bonds. The summed E-state index contributed by atoms with van der Waals surface area (Å²) in [7, 11) is 0. The Hall–Kier alpha value is -2.00. The van der Waals surface area contributed by atoms with Crippen molar-refractivity contribution in [2.24, 2.45) is 0 Å². The van der Waals surface area contributed by atoms with Crippen molar-refractivity contribution in [1.82, 2.24) is 4.90 Å². The summed E-state index contributed by atoms with van der Waals surface area (Å²) in [5, 5.41) is 19.9. The first-order valence-corrected chi connectivity index (χ1v) is 9.47. The fourth-order valence-corrected chi connectivity index (χ4v) is 4.93. The molecular formula is C22H27NO2. The van der Waals surface area contributed by atoms with Crippen LogP contribution in [0, 0.1) is 0 Å². The number of hydrogen-bond donors (Lipinski definition) is 2. The van der Waals surface area contributed by atoms with E-state index in [1.807, 2.05) is 30.3 Å². The van der Waals surface area contributed by atoms with Crippen molar-refractivity contribution in [3.05, 3.63) is 59.7 Å². The quantitative estimate of drug-likeness (QED) is 0.877. The Morgan fingerprint density at radius 1 is 1.04 bits per heavy atom. The van der Waals surface area contributed by atoms with E-state index in [1.165, 1.54) is 31.2 Å². The number of aromatic hydroxyl groups is 2. The number of likely N-dealkylation sites (tertiary alicyclic amines) is 1. The van der Waals surface area contributed by atoms with E-state index in [-0.39, 0.29) is 5.41 Å². The molecule has 1 aliphatic carbocycles. The lowest BCUT2D eigenvalue weighted by Gasteiger charge is -2.51. The fraction of sp³-hybridized carbons (Fsp3) is 0.455. The van der Waals surface area contributed by atoms with Gasteiger partial charge in [-0.05, 0) is 73.4 Å². The number of phenols is 2. The molecule has 0 spiro atoms. The van der Waals surface area contributed by atoms with Crippen molar-refractivity contribution in [1.29, 1.82) is 0 Å². The van der Waals surface area contributed by atoms with Crippen LogP contribution < -0.4 is 0 Å². The largest absolute Gasteiger partial charge is 0.508 e. The standard InChI is InChI=1S/C22H27NO2/c24-20-8-3-6-18(15-20)22-11-4-7-19(16-22)23(14-12-22)13-10-17-5-1-2-9-21(17)25/h1-3,5-6,8-9,15,19,24-25H,4,7,10-14,16H2/t19-,22+/m0/s1. The van der Waals surface area contributed by atoms with Crippen LogP contribution in [0.1, 0.15) is 43.2 Å². The molecule has 2 aromatic rings. The van der Waals surface area contributed by atoms with E-state index >= 15 is 0 Å². The van der Waals surface area contributed by atoms with Gasteiger partial charge < -0.3 is 10.2 Å². The Bertz CT molecular complexity index is 744. The van der Waals surface area contributed by atoms with Crippen LogP contribution in [0.5, 0.6) is 11.5 Å². The van der Waals surface area contributed by atoms with Crippen LogP contribution in [-0.4, -0.2) is 34.2 Å². The van der Waals surface area contributed by atoms with Gasteiger partial charge in [0.1, 0.15) is 11.5 Å². The average Bonchev–Trinajstić information content (AvgIpc) is 2.63. The number of fused-ring (bicyclic) bond motifs is 2. The van der Waals surface area contributed by atoms with E-state index < -0.39 is 0 Å². The van der Waals surface area contributed by atoms with Crippen molar-refractivity contribution < 1.29 is 10.2 Å². The zero-order valence-electron chi connectivity index (χ0n) is 14.7. The van der Waals surface area contributed by atoms with Gasteiger partial charge in [-0.3, -0.25) is 4.90 Å². The molecule has 0 aromatic heterocycles. The third-order valence-corrected chi connectivity index (χ3v) is 6.33. The summed E-state index contributed by atoms with van der Waals surface area (Å²) in [6.45, 7) is 2.12. The van der Waals surface area contributed by atoms with E-state index in [1.54, 1.807) is 12.1 Å². The highest BCUT2D eigenvalue weighted by atomic mass is 16.3. The second kappa shape index (κ2) is 6.72. The number of rotatable bonds is 4. The fourth-order valence-electron chi connectivity index (χ4n) is 4.93. The minimum atomic E-state index is 0.243. The molecule has 2 N–H and O–H groups in total. The molecule has 1 saturated carbocycles. The predicted molar refractivity (Wildman–Crippen MR) is 100 cm³/mol. The van der Waals surface area contributed by atoms with Crippen LogP contribution in [0.15, 0.2) is 48.5 Å². The van der Waals surface area contributed by atoms with Crippen LogP contribution >= 0.6 is 0 Å². The van der Waals surface area contributed by atoms with E-state index in [9.17, 15) is 10.2 Å². The summed E-state index contributed by atoms with van der Waals surface area (Å²) in [4.78, 5) is 2.62. The van der Waals surface area contributed by atoms with Gasteiger partial charge in [0.05, 0.1) is 0 Å². The zero-order chi connectivity index (χ0) is 17.3. The molecule has 4 rings (SSSR count). The summed E-state index contributed by atoms with van der Waals surface area (Å²) >= 11 is 0. The first kappa shape index (κ1) is 16.5. The van der Waals surface area contributed by atoms with Crippen LogP contribution in [0.3, 0.4) is 0 Å². The molecule has 2 aromatic carbocycles. The summed E-state index contributed by atoms with van der Waals surface area (Å²) in [6, 6.07) is 16.2. The Labute approximate surface area is 149 Å². The average molecular weight is 337 g/mol. The first-order chi connectivity index (χ1) is 12.2. The van der Waals surface area contributed by atoms with Gasteiger partial charge in [0.25, 0.3) is 0 Å². The monoisotopic (exact) mass is 337 g/mol. The van der Waals surface area contributed by atoms with Crippen molar-refractivity contribution in [2.75, 3.05) is 13.1 Å². The van der Waals surface area contributed by atoms with E-state index in [0.29, 0.717) is 17.5 Å². The molecule has 132 valence electrons. The lowest BCUT2D eigenvalue weighted by Crippen LogP contribution is -2.52. The molecule has 0 unspecified atom stereocenters. The van der Waals surface area contributed by atoms with Gasteiger partial charge in [-0.1, -0.05) is 36.8 Å².